The Balaban J connectivity index is 2.26. The van der Waals surface area contributed by atoms with E-state index in [-0.39, 0.29) is 18.6 Å². The van der Waals surface area contributed by atoms with Gasteiger partial charge < -0.3 is 9.72 Å². The third-order valence-corrected chi connectivity index (χ3v) is 3.39. The molecule has 2 rings (SSSR count). The summed E-state index contributed by atoms with van der Waals surface area (Å²) in [6.45, 7) is 5.97. The molecule has 2 atom stereocenters. The molecule has 0 unspecified atom stereocenters. The van der Waals surface area contributed by atoms with Gasteiger partial charge in [0, 0.05) is 6.21 Å². The van der Waals surface area contributed by atoms with E-state index in [4.69, 9.17) is 10.00 Å². The topological polar surface area (TPSA) is 91.1 Å². The van der Waals surface area contributed by atoms with Gasteiger partial charge >= 0.3 is 5.97 Å². The molecular weight excluding hydrogens is 292 g/mol. The Bertz CT molecular complexity index is 709. The Labute approximate surface area is 135 Å². The number of para-hydroxylation sites is 2. The fourth-order valence-electron chi connectivity index (χ4n) is 2.23. The number of H-pyrrole nitrogens is 1. The van der Waals surface area contributed by atoms with Gasteiger partial charge in [-0.1, -0.05) is 26.0 Å². The number of nitrogens with one attached hydrogen (secondary N) is 1. The second-order valence-electron chi connectivity index (χ2n) is 5.49. The number of carbonyl (C=O) groups excluding carboxylic acids is 1. The number of nitriles is 1. The molecule has 0 spiro atoms. The lowest BCUT2D eigenvalue weighted by Gasteiger charge is -2.14. The zero-order valence-corrected chi connectivity index (χ0v) is 13.5. The summed E-state index contributed by atoms with van der Waals surface area (Å²) in [5.41, 5.74) is 1.80. The molecule has 1 heterocycles. The molecule has 0 amide bonds. The number of esters is 1. The van der Waals surface area contributed by atoms with E-state index < -0.39 is 11.9 Å². The van der Waals surface area contributed by atoms with Crippen LogP contribution in [0.3, 0.4) is 0 Å². The predicted octanol–water partition coefficient (Wildman–Crippen LogP) is 3.03. The maximum Gasteiger partial charge on any atom is 0.328 e. The maximum absolute atomic E-state index is 11.7. The number of fused-ring (bicyclic) bond motifs is 1. The molecule has 2 aromatic rings. The highest BCUT2D eigenvalue weighted by molar-refractivity contribution is 5.92. The normalized spacial score (nSPS) is 14.0. The number of hydrogen-bond acceptors (Lipinski definition) is 5. The highest BCUT2D eigenvalue weighted by Crippen LogP contribution is 2.25. The minimum atomic E-state index is -0.999. The highest BCUT2D eigenvalue weighted by atomic mass is 16.5. The summed E-state index contributed by atoms with van der Waals surface area (Å²) >= 11 is 0. The van der Waals surface area contributed by atoms with Crippen LogP contribution in [0.1, 0.15) is 32.6 Å². The van der Waals surface area contributed by atoms with Gasteiger partial charge in [0.1, 0.15) is 11.9 Å². The van der Waals surface area contributed by atoms with Crippen LogP contribution in [0.4, 0.5) is 0 Å². The number of imidazole rings is 1. The number of ether oxygens (including phenoxy) is 1. The molecule has 6 nitrogen and oxygen atoms in total. The van der Waals surface area contributed by atoms with Crippen molar-refractivity contribution in [2.45, 2.75) is 26.8 Å². The number of nitrogens with zero attached hydrogens (tertiary/aromatic N) is 3. The van der Waals surface area contributed by atoms with Crippen molar-refractivity contribution in [2.75, 3.05) is 6.61 Å². The first-order chi connectivity index (χ1) is 11.1. The third-order valence-electron chi connectivity index (χ3n) is 3.39. The summed E-state index contributed by atoms with van der Waals surface area (Å²) < 4.78 is 4.87. The van der Waals surface area contributed by atoms with Crippen molar-refractivity contribution in [2.24, 2.45) is 16.8 Å². The van der Waals surface area contributed by atoms with Crippen LogP contribution >= 0.6 is 0 Å². The number of aromatic nitrogens is 2. The van der Waals surface area contributed by atoms with E-state index in [9.17, 15) is 4.79 Å². The molecule has 1 N–H and O–H groups in total. The maximum atomic E-state index is 11.7. The molecule has 0 saturated heterocycles. The Morgan fingerprint density at radius 2 is 2.22 bits per heavy atom. The van der Waals surface area contributed by atoms with Gasteiger partial charge in [0.15, 0.2) is 5.92 Å². The van der Waals surface area contributed by atoms with Gasteiger partial charge in [-0.25, -0.2) is 4.98 Å². The number of carbonyl (C=O) groups is 1. The van der Waals surface area contributed by atoms with Gasteiger partial charge in [0.05, 0.1) is 23.7 Å². The fourth-order valence-corrected chi connectivity index (χ4v) is 2.23. The number of rotatable bonds is 6. The smallest absolute Gasteiger partial charge is 0.328 e. The number of hydrogen-bond donors (Lipinski definition) is 1. The summed E-state index contributed by atoms with van der Waals surface area (Å²) in [6.07, 6.45) is 1.36. The molecule has 1 aromatic carbocycles. The highest BCUT2D eigenvalue weighted by Gasteiger charge is 2.21. The molecule has 120 valence electrons. The molecule has 0 aliphatic heterocycles. The molecule has 23 heavy (non-hydrogen) atoms. The van der Waals surface area contributed by atoms with Crippen LogP contribution in [0.5, 0.6) is 0 Å². The molecule has 0 aliphatic carbocycles. The van der Waals surface area contributed by atoms with E-state index in [1.54, 1.807) is 6.92 Å². The lowest BCUT2D eigenvalue weighted by molar-refractivity contribution is -0.143. The number of benzene rings is 1. The van der Waals surface area contributed by atoms with Crippen LogP contribution in [0, 0.1) is 23.2 Å². The van der Waals surface area contributed by atoms with Gasteiger partial charge in [-0.15, -0.1) is 0 Å². The summed E-state index contributed by atoms with van der Waals surface area (Å²) in [6, 6.07) is 9.38. The summed E-state index contributed by atoms with van der Waals surface area (Å²) in [5, 5.41) is 9.09. The van der Waals surface area contributed by atoms with Gasteiger partial charge in [-0.2, -0.15) is 5.26 Å². The number of aromatic amines is 1. The second kappa shape index (κ2) is 7.54. The molecular formula is C17H20N4O2. The average Bonchev–Trinajstić information content (AvgIpc) is 2.94. The Hall–Kier alpha value is -2.68. The minimum Gasteiger partial charge on any atom is -0.465 e. The van der Waals surface area contributed by atoms with Gasteiger partial charge in [-0.05, 0) is 25.0 Å². The van der Waals surface area contributed by atoms with E-state index in [1.807, 2.05) is 44.2 Å². The molecule has 0 radical (unpaired) electrons. The Kier molecular flexibility index (Phi) is 5.47. The van der Waals surface area contributed by atoms with E-state index in [2.05, 4.69) is 15.0 Å². The molecule has 0 fully saturated rings. The summed E-state index contributed by atoms with van der Waals surface area (Å²) in [5.74, 6) is -0.696. The standard InChI is InChI=1S/C17H20N4O2/c1-4-23-17(22)12(9-18)10-19-15(11(2)3)16-20-13-7-5-6-8-14(13)21-16/h5-8,10-12,15H,4H2,1-3H3,(H,20,21)/t12-,15-/m0/s1. The van der Waals surface area contributed by atoms with E-state index >= 15 is 0 Å². The molecule has 0 aliphatic rings. The van der Waals surface area contributed by atoms with Crippen LogP contribution in [-0.4, -0.2) is 28.8 Å². The first-order valence-corrected chi connectivity index (χ1v) is 7.61. The van der Waals surface area contributed by atoms with Crippen molar-refractivity contribution in [1.82, 2.24) is 9.97 Å². The first kappa shape index (κ1) is 16.7. The molecule has 0 bridgehead atoms. The van der Waals surface area contributed by atoms with Gasteiger partial charge in [0.2, 0.25) is 0 Å². The van der Waals surface area contributed by atoms with Gasteiger partial charge in [0.25, 0.3) is 0 Å². The minimum absolute atomic E-state index is 0.161. The first-order valence-electron chi connectivity index (χ1n) is 7.61. The van der Waals surface area contributed by atoms with Crippen LogP contribution in [0.25, 0.3) is 11.0 Å². The zero-order chi connectivity index (χ0) is 16.8. The monoisotopic (exact) mass is 312 g/mol. The number of aliphatic imine (C=N–C) groups is 1. The van der Waals surface area contributed by atoms with E-state index in [1.165, 1.54) is 6.21 Å². The average molecular weight is 312 g/mol. The predicted molar refractivity (Wildman–Crippen MR) is 87.9 cm³/mol. The molecule has 1 aromatic heterocycles. The second-order valence-corrected chi connectivity index (χ2v) is 5.49. The van der Waals surface area contributed by atoms with Crippen molar-refractivity contribution >= 4 is 23.2 Å². The Morgan fingerprint density at radius 1 is 1.48 bits per heavy atom. The molecule has 0 saturated carbocycles. The quantitative estimate of drug-likeness (QED) is 0.655. The lowest BCUT2D eigenvalue weighted by Crippen LogP contribution is -2.18. The van der Waals surface area contributed by atoms with E-state index in [0.717, 1.165) is 16.9 Å². The Morgan fingerprint density at radius 3 is 2.83 bits per heavy atom. The fraction of sp³-hybridized carbons (Fsp3) is 0.412. The third kappa shape index (κ3) is 3.95. The zero-order valence-electron chi connectivity index (χ0n) is 13.5. The van der Waals surface area contributed by atoms with Gasteiger partial charge in [-0.3, -0.25) is 9.79 Å². The van der Waals surface area contributed by atoms with Crippen LogP contribution < -0.4 is 0 Å². The van der Waals surface area contributed by atoms with E-state index in [0.29, 0.717) is 0 Å². The largest absolute Gasteiger partial charge is 0.465 e. The van der Waals surface area contributed by atoms with Crippen LogP contribution in [0.2, 0.25) is 0 Å². The van der Waals surface area contributed by atoms with Crippen molar-refractivity contribution in [3.8, 4) is 6.07 Å². The molecule has 6 heteroatoms. The van der Waals surface area contributed by atoms with Crippen molar-refractivity contribution in [3.63, 3.8) is 0 Å². The summed E-state index contributed by atoms with van der Waals surface area (Å²) in [7, 11) is 0. The van der Waals surface area contributed by atoms with Crippen LogP contribution in [0.15, 0.2) is 29.3 Å². The summed E-state index contributed by atoms with van der Waals surface area (Å²) in [4.78, 5) is 23.9. The van der Waals surface area contributed by atoms with Crippen molar-refractivity contribution in [3.05, 3.63) is 30.1 Å². The van der Waals surface area contributed by atoms with Crippen molar-refractivity contribution < 1.29 is 9.53 Å². The van der Waals surface area contributed by atoms with Crippen LogP contribution in [-0.2, 0) is 9.53 Å². The SMILES string of the molecule is CCOC(=O)[C@@H](C#N)C=N[C@H](c1nc2ccccc2[nH]1)C(C)C. The van der Waals surface area contributed by atoms with Crippen molar-refractivity contribution in [1.29, 1.82) is 5.26 Å². The lowest BCUT2D eigenvalue weighted by atomic mass is 10.0.